The minimum absolute atomic E-state index is 0.0150. The molecule has 0 saturated heterocycles. The number of ether oxygens (including phenoxy) is 2. The summed E-state index contributed by atoms with van der Waals surface area (Å²) in [6.45, 7) is 6.77. The zero-order valence-electron chi connectivity index (χ0n) is 14.5. The second kappa shape index (κ2) is 8.31. The minimum atomic E-state index is -2.37. The molecule has 0 radical (unpaired) electrons. The van der Waals surface area contributed by atoms with Crippen molar-refractivity contribution in [2.24, 2.45) is 5.16 Å². The third kappa shape index (κ3) is 3.58. The SMILES string of the molecule is C=C(F)c1c(C2=NOCC2)cccc1C(Cl)(C(=O)OCC)C(=O)OCC. The summed E-state index contributed by atoms with van der Waals surface area (Å²) in [5, 5.41) is 3.87. The number of halogens is 2. The maximum atomic E-state index is 14.4. The Morgan fingerprint density at radius 2 is 1.92 bits per heavy atom. The minimum Gasteiger partial charge on any atom is -0.464 e. The molecule has 0 bridgehead atoms. The number of rotatable bonds is 7. The second-order valence-electron chi connectivity index (χ2n) is 5.35. The predicted molar refractivity (Wildman–Crippen MR) is 94.5 cm³/mol. The lowest BCUT2D eigenvalue weighted by molar-refractivity contribution is -0.159. The van der Waals surface area contributed by atoms with Crippen LogP contribution in [-0.2, 0) is 28.8 Å². The first-order valence-electron chi connectivity index (χ1n) is 8.08. The number of esters is 2. The molecule has 0 spiro atoms. The van der Waals surface area contributed by atoms with Crippen LogP contribution < -0.4 is 0 Å². The number of nitrogens with zero attached hydrogens (tertiary/aromatic N) is 1. The van der Waals surface area contributed by atoms with Gasteiger partial charge in [0.05, 0.1) is 18.9 Å². The molecule has 0 N–H and O–H groups in total. The fourth-order valence-corrected chi connectivity index (χ4v) is 2.90. The highest BCUT2D eigenvalue weighted by Gasteiger charge is 2.51. The second-order valence-corrected chi connectivity index (χ2v) is 5.92. The van der Waals surface area contributed by atoms with Crippen LogP contribution in [-0.4, -0.2) is 37.5 Å². The molecule has 1 heterocycles. The highest BCUT2D eigenvalue weighted by atomic mass is 35.5. The third-order valence-electron chi connectivity index (χ3n) is 3.74. The molecule has 0 atom stereocenters. The van der Waals surface area contributed by atoms with Crippen molar-refractivity contribution in [1.29, 1.82) is 0 Å². The van der Waals surface area contributed by atoms with E-state index in [9.17, 15) is 14.0 Å². The fourth-order valence-electron chi connectivity index (χ4n) is 2.63. The summed E-state index contributed by atoms with van der Waals surface area (Å²) in [4.78, 5) is 27.6. The van der Waals surface area contributed by atoms with Crippen LogP contribution in [0, 0.1) is 0 Å². The molecule has 0 saturated carbocycles. The van der Waals surface area contributed by atoms with Crippen molar-refractivity contribution in [3.8, 4) is 0 Å². The van der Waals surface area contributed by atoms with Crippen molar-refractivity contribution >= 4 is 35.1 Å². The molecule has 8 heteroatoms. The molecule has 1 aliphatic rings. The van der Waals surface area contributed by atoms with Crippen LogP contribution >= 0.6 is 11.6 Å². The van der Waals surface area contributed by atoms with Crippen molar-refractivity contribution < 1.29 is 28.3 Å². The Labute approximate surface area is 155 Å². The summed E-state index contributed by atoms with van der Waals surface area (Å²) >= 11 is 6.42. The van der Waals surface area contributed by atoms with Crippen LogP contribution in [0.1, 0.15) is 37.0 Å². The van der Waals surface area contributed by atoms with E-state index in [0.717, 1.165) is 0 Å². The van der Waals surface area contributed by atoms with Crippen molar-refractivity contribution in [1.82, 2.24) is 0 Å². The quantitative estimate of drug-likeness (QED) is 0.410. The number of carbonyl (C=O) groups is 2. The molecule has 1 aromatic carbocycles. The van der Waals surface area contributed by atoms with Crippen LogP contribution in [0.5, 0.6) is 0 Å². The summed E-state index contributed by atoms with van der Waals surface area (Å²) in [6, 6.07) is 4.49. The lowest BCUT2D eigenvalue weighted by atomic mass is 9.87. The van der Waals surface area contributed by atoms with Crippen molar-refractivity contribution in [3.05, 3.63) is 41.5 Å². The van der Waals surface area contributed by atoms with E-state index >= 15 is 0 Å². The zero-order valence-corrected chi connectivity index (χ0v) is 15.3. The molecular formula is C18H19ClFNO5. The van der Waals surface area contributed by atoms with Gasteiger partial charge >= 0.3 is 11.9 Å². The highest BCUT2D eigenvalue weighted by Crippen LogP contribution is 2.39. The molecule has 2 rings (SSSR count). The lowest BCUT2D eigenvalue weighted by Gasteiger charge is -2.26. The van der Waals surface area contributed by atoms with Crippen LogP contribution in [0.2, 0.25) is 0 Å². The summed E-state index contributed by atoms with van der Waals surface area (Å²) in [5.74, 6) is -2.97. The van der Waals surface area contributed by atoms with Crippen molar-refractivity contribution in [3.63, 3.8) is 0 Å². The van der Waals surface area contributed by atoms with Gasteiger partial charge in [-0.15, -0.1) is 0 Å². The van der Waals surface area contributed by atoms with Gasteiger partial charge in [0.25, 0.3) is 4.87 Å². The van der Waals surface area contributed by atoms with Gasteiger partial charge in [0.15, 0.2) is 0 Å². The smallest absolute Gasteiger partial charge is 0.343 e. The van der Waals surface area contributed by atoms with Gasteiger partial charge in [-0.05, 0) is 13.8 Å². The van der Waals surface area contributed by atoms with Gasteiger partial charge in [0, 0.05) is 23.1 Å². The Balaban J connectivity index is 2.71. The van der Waals surface area contributed by atoms with Gasteiger partial charge < -0.3 is 14.3 Å². The molecule has 6 nitrogen and oxygen atoms in total. The third-order valence-corrected chi connectivity index (χ3v) is 4.25. The zero-order chi connectivity index (χ0) is 19.3. The Bertz CT molecular complexity index is 744. The van der Waals surface area contributed by atoms with Gasteiger partial charge in [0.1, 0.15) is 12.4 Å². The van der Waals surface area contributed by atoms with Gasteiger partial charge in [-0.1, -0.05) is 41.5 Å². The molecule has 26 heavy (non-hydrogen) atoms. The van der Waals surface area contributed by atoms with Crippen LogP contribution in [0.25, 0.3) is 5.83 Å². The number of hydrogen-bond acceptors (Lipinski definition) is 6. The van der Waals surface area contributed by atoms with Crippen LogP contribution in [0.3, 0.4) is 0 Å². The van der Waals surface area contributed by atoms with Crippen LogP contribution in [0.4, 0.5) is 4.39 Å². The monoisotopic (exact) mass is 383 g/mol. The molecule has 0 fully saturated rings. The van der Waals surface area contributed by atoms with E-state index in [-0.39, 0.29) is 24.3 Å². The van der Waals surface area contributed by atoms with E-state index < -0.39 is 22.6 Å². The Morgan fingerprint density at radius 1 is 1.31 bits per heavy atom. The highest BCUT2D eigenvalue weighted by molar-refractivity contribution is 6.44. The fraction of sp³-hybridized carbons (Fsp3) is 0.389. The maximum absolute atomic E-state index is 14.4. The van der Waals surface area contributed by atoms with Gasteiger partial charge in [-0.2, -0.15) is 0 Å². The van der Waals surface area contributed by atoms with E-state index in [1.807, 2.05) is 0 Å². The lowest BCUT2D eigenvalue weighted by Crippen LogP contribution is -2.42. The first-order chi connectivity index (χ1) is 12.4. The van der Waals surface area contributed by atoms with Gasteiger partial charge in [0.2, 0.25) is 0 Å². The molecular weight excluding hydrogens is 365 g/mol. The first kappa shape index (κ1) is 19.9. The molecule has 0 unspecified atom stereocenters. The van der Waals surface area contributed by atoms with Crippen LogP contribution in [0.15, 0.2) is 29.9 Å². The average Bonchev–Trinajstić information content (AvgIpc) is 3.15. The number of benzene rings is 1. The van der Waals surface area contributed by atoms with E-state index in [4.69, 9.17) is 25.9 Å². The molecule has 0 amide bonds. The largest absolute Gasteiger partial charge is 0.464 e. The number of carbonyl (C=O) groups excluding carboxylic acids is 2. The summed E-state index contributed by atoms with van der Waals surface area (Å²) in [7, 11) is 0. The summed E-state index contributed by atoms with van der Waals surface area (Å²) in [6.07, 6.45) is 0.442. The Morgan fingerprint density at radius 3 is 2.38 bits per heavy atom. The van der Waals surface area contributed by atoms with E-state index in [1.54, 1.807) is 19.9 Å². The molecule has 0 aliphatic carbocycles. The molecule has 0 aromatic heterocycles. The van der Waals surface area contributed by atoms with Gasteiger partial charge in [-0.3, -0.25) is 0 Å². The standard InChI is InChI=1S/C18H19ClFNO5/c1-4-24-16(22)18(19,17(23)25-5-2)13-8-6-7-12(15(13)11(3)20)14-9-10-26-21-14/h6-8H,3-5,9-10H2,1-2H3. The van der Waals surface area contributed by atoms with Crippen molar-refractivity contribution in [2.75, 3.05) is 19.8 Å². The normalized spacial score (nSPS) is 13.6. The number of alkyl halides is 1. The predicted octanol–water partition coefficient (Wildman–Crippen LogP) is 3.31. The van der Waals surface area contributed by atoms with Crippen molar-refractivity contribution in [2.45, 2.75) is 25.1 Å². The van der Waals surface area contributed by atoms with Gasteiger partial charge in [-0.25, -0.2) is 14.0 Å². The summed E-state index contributed by atoms with van der Waals surface area (Å²) in [5.41, 5.74) is 0.585. The Hall–Kier alpha value is -2.41. The topological polar surface area (TPSA) is 74.2 Å². The van der Waals surface area contributed by atoms with E-state index in [2.05, 4.69) is 11.7 Å². The Kier molecular flexibility index (Phi) is 6.37. The number of hydrogen-bond donors (Lipinski definition) is 0. The first-order valence-corrected chi connectivity index (χ1v) is 8.46. The molecule has 140 valence electrons. The van der Waals surface area contributed by atoms with E-state index in [0.29, 0.717) is 24.3 Å². The molecule has 1 aromatic rings. The molecule has 1 aliphatic heterocycles. The number of oxime groups is 1. The summed E-state index contributed by atoms with van der Waals surface area (Å²) < 4.78 is 24.3. The maximum Gasteiger partial charge on any atom is 0.343 e. The van der Waals surface area contributed by atoms with E-state index in [1.165, 1.54) is 12.1 Å². The average molecular weight is 384 g/mol.